The Bertz CT molecular complexity index is 421. The number of carbonyl (C=O) groups excluding carboxylic acids is 2. The third-order valence-corrected chi connectivity index (χ3v) is 2.19. The minimum Gasteiger partial charge on any atom is -0.401 e. The van der Waals surface area contributed by atoms with Crippen molar-refractivity contribution < 1.29 is 14.3 Å². The highest BCUT2D eigenvalue weighted by Crippen LogP contribution is 2.14. The van der Waals surface area contributed by atoms with Gasteiger partial charge < -0.3 is 10.1 Å². The van der Waals surface area contributed by atoms with E-state index in [1.54, 1.807) is 5.94 Å². The molecule has 15 heavy (non-hydrogen) atoms. The van der Waals surface area contributed by atoms with Crippen molar-refractivity contribution in [3.63, 3.8) is 0 Å². The molecule has 1 aromatic rings. The SMILES string of the molecule is O=C=C1OC(=O)N[C@H]1Cc1ccccc1. The summed E-state index contributed by atoms with van der Waals surface area (Å²) in [5, 5.41) is 2.54. The number of rotatable bonds is 2. The molecule has 1 aromatic carbocycles. The maximum absolute atomic E-state index is 10.9. The lowest BCUT2D eigenvalue weighted by molar-refractivity contribution is 0.195. The molecule has 0 radical (unpaired) electrons. The molecule has 0 aliphatic carbocycles. The van der Waals surface area contributed by atoms with Crippen LogP contribution in [0.15, 0.2) is 36.1 Å². The second-order valence-electron chi connectivity index (χ2n) is 3.24. The third kappa shape index (κ3) is 2.06. The molecule has 0 aromatic heterocycles. The molecule has 4 nitrogen and oxygen atoms in total. The molecule has 0 bridgehead atoms. The Hall–Kier alpha value is -2.06. The van der Waals surface area contributed by atoms with Crippen molar-refractivity contribution in [3.8, 4) is 0 Å². The van der Waals surface area contributed by atoms with Crippen LogP contribution in [0.3, 0.4) is 0 Å². The number of alkyl carbamates (subject to hydrolysis) is 1. The van der Waals surface area contributed by atoms with Crippen molar-refractivity contribution >= 4 is 12.0 Å². The highest BCUT2D eigenvalue weighted by atomic mass is 16.6. The van der Waals surface area contributed by atoms with Gasteiger partial charge in [0.25, 0.3) is 0 Å². The smallest absolute Gasteiger partial charge is 0.401 e. The molecular weight excluding hydrogens is 194 g/mol. The van der Waals surface area contributed by atoms with Gasteiger partial charge in [-0.1, -0.05) is 30.3 Å². The summed E-state index contributed by atoms with van der Waals surface area (Å²) in [4.78, 5) is 21.4. The first-order valence-corrected chi connectivity index (χ1v) is 4.57. The topological polar surface area (TPSA) is 55.4 Å². The van der Waals surface area contributed by atoms with Gasteiger partial charge in [-0.15, -0.1) is 0 Å². The Morgan fingerprint density at radius 3 is 2.73 bits per heavy atom. The normalized spacial score (nSPS) is 19.3. The summed E-state index contributed by atoms with van der Waals surface area (Å²) in [5.41, 5.74) is 1.03. The van der Waals surface area contributed by atoms with Gasteiger partial charge in [-0.25, -0.2) is 9.59 Å². The van der Waals surface area contributed by atoms with Crippen LogP contribution in [0.5, 0.6) is 0 Å². The van der Waals surface area contributed by atoms with Gasteiger partial charge in [-0.2, -0.15) is 0 Å². The van der Waals surface area contributed by atoms with Crippen LogP contribution in [-0.4, -0.2) is 18.1 Å². The second-order valence-corrected chi connectivity index (χ2v) is 3.24. The minimum absolute atomic E-state index is 0.0313. The van der Waals surface area contributed by atoms with Crippen molar-refractivity contribution in [1.29, 1.82) is 0 Å². The van der Waals surface area contributed by atoms with Crippen LogP contribution < -0.4 is 5.32 Å². The number of carbonyl (C=O) groups is 1. The molecule has 1 atom stereocenters. The maximum Gasteiger partial charge on any atom is 0.413 e. The van der Waals surface area contributed by atoms with E-state index in [1.807, 2.05) is 30.3 Å². The predicted octanol–water partition coefficient (Wildman–Crippen LogP) is 1.05. The van der Waals surface area contributed by atoms with Crippen LogP contribution in [0.2, 0.25) is 0 Å². The molecule has 2 rings (SSSR count). The number of ether oxygens (including phenoxy) is 1. The molecule has 1 aliphatic rings. The molecular formula is C11H9NO3. The lowest BCUT2D eigenvalue weighted by atomic mass is 10.1. The Kier molecular flexibility index (Phi) is 2.52. The monoisotopic (exact) mass is 203 g/mol. The van der Waals surface area contributed by atoms with Crippen LogP contribution in [0.25, 0.3) is 0 Å². The fourth-order valence-electron chi connectivity index (χ4n) is 1.49. The molecule has 0 saturated carbocycles. The molecule has 4 heteroatoms. The predicted molar refractivity (Wildman–Crippen MR) is 52.8 cm³/mol. The summed E-state index contributed by atoms with van der Waals surface area (Å²) >= 11 is 0. The van der Waals surface area contributed by atoms with Crippen LogP contribution in [0.4, 0.5) is 4.79 Å². The summed E-state index contributed by atoms with van der Waals surface area (Å²) < 4.78 is 4.64. The molecule has 1 N–H and O–H groups in total. The van der Waals surface area contributed by atoms with E-state index in [0.29, 0.717) is 6.42 Å². The molecule has 0 unspecified atom stereocenters. The van der Waals surface area contributed by atoms with Gasteiger partial charge in [0.1, 0.15) is 6.04 Å². The molecule has 76 valence electrons. The number of amides is 1. The van der Waals surface area contributed by atoms with Crippen LogP contribution in [0, 0.1) is 0 Å². The Labute approximate surface area is 86.5 Å². The van der Waals surface area contributed by atoms with E-state index in [1.165, 1.54) is 0 Å². The van der Waals surface area contributed by atoms with Crippen LogP contribution in [-0.2, 0) is 16.0 Å². The quantitative estimate of drug-likeness (QED) is 0.731. The summed E-state index contributed by atoms with van der Waals surface area (Å²) in [6, 6.07) is 9.16. The second kappa shape index (κ2) is 3.98. The van der Waals surface area contributed by atoms with E-state index < -0.39 is 12.1 Å². The number of hydrogen-bond acceptors (Lipinski definition) is 3. The largest absolute Gasteiger partial charge is 0.413 e. The first-order chi connectivity index (χ1) is 7.29. The van der Waals surface area contributed by atoms with Crippen molar-refractivity contribution in [3.05, 3.63) is 41.7 Å². The number of cyclic esters (lactones) is 1. The van der Waals surface area contributed by atoms with Crippen molar-refractivity contribution in [2.75, 3.05) is 0 Å². The zero-order valence-corrected chi connectivity index (χ0v) is 7.90. The van der Waals surface area contributed by atoms with Crippen LogP contribution in [0.1, 0.15) is 5.56 Å². The van der Waals surface area contributed by atoms with Crippen LogP contribution >= 0.6 is 0 Å². The van der Waals surface area contributed by atoms with E-state index in [0.717, 1.165) is 5.56 Å². The van der Waals surface area contributed by atoms with Crippen molar-refractivity contribution in [2.24, 2.45) is 0 Å². The molecule has 0 spiro atoms. The summed E-state index contributed by atoms with van der Waals surface area (Å²) in [5.74, 6) is 1.66. The van der Waals surface area contributed by atoms with Gasteiger partial charge in [0.05, 0.1) is 0 Å². The maximum atomic E-state index is 10.9. The Morgan fingerprint density at radius 2 is 2.07 bits per heavy atom. The van der Waals surface area contributed by atoms with Gasteiger partial charge in [0.2, 0.25) is 5.76 Å². The van der Waals surface area contributed by atoms with E-state index in [9.17, 15) is 9.59 Å². The van der Waals surface area contributed by atoms with Crippen molar-refractivity contribution in [1.82, 2.24) is 5.32 Å². The zero-order chi connectivity index (χ0) is 10.7. The van der Waals surface area contributed by atoms with Gasteiger partial charge in [0.15, 0.2) is 5.94 Å². The van der Waals surface area contributed by atoms with E-state index in [-0.39, 0.29) is 5.76 Å². The lowest BCUT2D eigenvalue weighted by Gasteiger charge is -2.06. The zero-order valence-electron chi connectivity index (χ0n) is 7.90. The molecule has 1 fully saturated rings. The standard InChI is InChI=1S/C11H9NO3/c13-7-10-9(12-11(14)15-10)6-8-4-2-1-3-5-8/h1-5,9H,6H2,(H,12,14)/t9-/m0/s1. The Morgan fingerprint density at radius 1 is 1.33 bits per heavy atom. The highest BCUT2D eigenvalue weighted by Gasteiger charge is 2.29. The molecule has 1 amide bonds. The lowest BCUT2D eigenvalue weighted by Crippen LogP contribution is -2.27. The third-order valence-electron chi connectivity index (χ3n) is 2.19. The molecule has 1 aliphatic heterocycles. The average molecular weight is 203 g/mol. The summed E-state index contributed by atoms with van der Waals surface area (Å²) in [7, 11) is 0. The average Bonchev–Trinajstić information content (AvgIpc) is 2.60. The van der Waals surface area contributed by atoms with E-state index in [4.69, 9.17) is 0 Å². The number of nitrogens with one attached hydrogen (secondary N) is 1. The first kappa shape index (κ1) is 9.49. The fraction of sp³-hybridized carbons (Fsp3) is 0.182. The molecule has 1 saturated heterocycles. The number of benzene rings is 1. The Balaban J connectivity index is 2.13. The first-order valence-electron chi connectivity index (χ1n) is 4.57. The van der Waals surface area contributed by atoms with Gasteiger partial charge in [0, 0.05) is 6.42 Å². The fourth-order valence-corrected chi connectivity index (χ4v) is 1.49. The van der Waals surface area contributed by atoms with Crippen molar-refractivity contribution in [2.45, 2.75) is 12.5 Å². The highest BCUT2D eigenvalue weighted by molar-refractivity contribution is 5.76. The van der Waals surface area contributed by atoms with Gasteiger partial charge in [-0.05, 0) is 5.56 Å². The number of hydrogen-bond donors (Lipinski definition) is 1. The van der Waals surface area contributed by atoms with E-state index >= 15 is 0 Å². The molecule has 1 heterocycles. The summed E-state index contributed by atoms with van der Waals surface area (Å²) in [6.45, 7) is 0. The summed E-state index contributed by atoms with van der Waals surface area (Å²) in [6.07, 6.45) is -0.0498. The van der Waals surface area contributed by atoms with Gasteiger partial charge in [-0.3, -0.25) is 0 Å². The minimum atomic E-state index is -0.589. The van der Waals surface area contributed by atoms with E-state index in [2.05, 4.69) is 10.1 Å². The van der Waals surface area contributed by atoms with Gasteiger partial charge >= 0.3 is 6.09 Å².